The first-order valence-corrected chi connectivity index (χ1v) is 6.32. The number of aryl methyl sites for hydroxylation is 1. The quantitative estimate of drug-likeness (QED) is 0.830. The number of benzene rings is 1. The highest BCUT2D eigenvalue weighted by Gasteiger charge is 2.07. The molecule has 18 heavy (non-hydrogen) atoms. The fourth-order valence-electron chi connectivity index (χ4n) is 1.79. The third-order valence-electron chi connectivity index (χ3n) is 2.73. The van der Waals surface area contributed by atoms with Gasteiger partial charge in [0.2, 0.25) is 0 Å². The van der Waals surface area contributed by atoms with E-state index in [0.29, 0.717) is 17.9 Å². The zero-order chi connectivity index (χ0) is 13.0. The molecule has 1 aromatic carbocycles. The van der Waals surface area contributed by atoms with Crippen LogP contribution >= 0.6 is 11.6 Å². The van der Waals surface area contributed by atoms with Gasteiger partial charge in [-0.3, -0.25) is 9.48 Å². The molecule has 0 amide bonds. The summed E-state index contributed by atoms with van der Waals surface area (Å²) in [6, 6.07) is 7.38. The topological polar surface area (TPSA) is 34.9 Å². The Morgan fingerprint density at radius 2 is 1.89 bits per heavy atom. The molecule has 2 aromatic rings. The van der Waals surface area contributed by atoms with Gasteiger partial charge in [0.15, 0.2) is 0 Å². The molecule has 1 aromatic heterocycles. The van der Waals surface area contributed by atoms with Crippen LogP contribution in [0.5, 0.6) is 0 Å². The van der Waals surface area contributed by atoms with Gasteiger partial charge >= 0.3 is 0 Å². The van der Waals surface area contributed by atoms with Crippen molar-refractivity contribution in [1.29, 1.82) is 0 Å². The van der Waals surface area contributed by atoms with Gasteiger partial charge < -0.3 is 0 Å². The Labute approximate surface area is 111 Å². The summed E-state index contributed by atoms with van der Waals surface area (Å²) >= 11 is 5.80. The maximum Gasteiger partial charge on any atom is 0.141 e. The lowest BCUT2D eigenvalue weighted by Crippen LogP contribution is -2.06. The Bertz CT molecular complexity index is 531. The minimum atomic E-state index is 0.188. The molecular formula is C14H15ClN2O. The van der Waals surface area contributed by atoms with Crippen LogP contribution in [-0.4, -0.2) is 15.6 Å². The van der Waals surface area contributed by atoms with Crippen LogP contribution in [0.15, 0.2) is 36.7 Å². The molecule has 0 N–H and O–H groups in total. The predicted octanol–water partition coefficient (Wildman–Crippen LogP) is 2.91. The molecule has 0 saturated carbocycles. The van der Waals surface area contributed by atoms with Crippen molar-refractivity contribution in [2.45, 2.75) is 26.3 Å². The molecular weight excluding hydrogens is 248 g/mol. The first kappa shape index (κ1) is 12.8. The van der Waals surface area contributed by atoms with Crippen LogP contribution in [0.1, 0.15) is 18.1 Å². The number of nitrogens with zero attached hydrogens (tertiary/aromatic N) is 2. The van der Waals surface area contributed by atoms with E-state index >= 15 is 0 Å². The molecule has 0 aliphatic heterocycles. The molecule has 0 aliphatic rings. The Morgan fingerprint density at radius 1 is 1.22 bits per heavy atom. The third-order valence-corrected chi connectivity index (χ3v) is 2.98. The van der Waals surface area contributed by atoms with Crippen molar-refractivity contribution in [2.24, 2.45) is 0 Å². The lowest BCUT2D eigenvalue weighted by molar-refractivity contribution is -0.117. The maximum absolute atomic E-state index is 11.9. The molecule has 0 saturated heterocycles. The standard InChI is InChI=1S/C14H15ClN2O/c1-2-17-10-12(9-16-17)8-14(18)7-11-3-5-13(15)6-4-11/h3-6,9-10H,2,7-8H2,1H3. The van der Waals surface area contributed by atoms with Gasteiger partial charge in [-0.05, 0) is 30.2 Å². The number of carbonyl (C=O) groups excluding carboxylic acids is 1. The van der Waals surface area contributed by atoms with E-state index in [-0.39, 0.29) is 5.78 Å². The molecule has 0 radical (unpaired) electrons. The van der Waals surface area contributed by atoms with E-state index in [1.54, 1.807) is 18.3 Å². The van der Waals surface area contributed by atoms with Crippen molar-refractivity contribution < 1.29 is 4.79 Å². The van der Waals surface area contributed by atoms with Gasteiger partial charge in [0.25, 0.3) is 0 Å². The lowest BCUT2D eigenvalue weighted by Gasteiger charge is -2.00. The molecule has 3 nitrogen and oxygen atoms in total. The predicted molar refractivity (Wildman–Crippen MR) is 71.8 cm³/mol. The summed E-state index contributed by atoms with van der Waals surface area (Å²) < 4.78 is 1.82. The Balaban J connectivity index is 1.94. The van der Waals surface area contributed by atoms with Gasteiger partial charge in [0.1, 0.15) is 5.78 Å². The van der Waals surface area contributed by atoms with Crippen molar-refractivity contribution in [3.05, 3.63) is 52.8 Å². The number of aromatic nitrogens is 2. The normalized spacial score (nSPS) is 10.6. The summed E-state index contributed by atoms with van der Waals surface area (Å²) in [5.41, 5.74) is 1.96. The summed E-state index contributed by atoms with van der Waals surface area (Å²) in [4.78, 5) is 11.9. The van der Waals surface area contributed by atoms with Crippen LogP contribution < -0.4 is 0 Å². The smallest absolute Gasteiger partial charge is 0.141 e. The summed E-state index contributed by atoms with van der Waals surface area (Å²) in [6.45, 7) is 2.84. The number of hydrogen-bond acceptors (Lipinski definition) is 2. The van der Waals surface area contributed by atoms with Gasteiger partial charge in [-0.25, -0.2) is 0 Å². The monoisotopic (exact) mass is 262 g/mol. The van der Waals surface area contributed by atoms with Crippen LogP contribution in [0.4, 0.5) is 0 Å². The maximum atomic E-state index is 11.9. The van der Waals surface area contributed by atoms with Gasteiger partial charge in [-0.2, -0.15) is 5.10 Å². The molecule has 1 heterocycles. The number of rotatable bonds is 5. The second-order valence-corrected chi connectivity index (χ2v) is 4.66. The average Bonchev–Trinajstić information content (AvgIpc) is 2.79. The lowest BCUT2D eigenvalue weighted by atomic mass is 10.1. The second-order valence-electron chi connectivity index (χ2n) is 4.22. The molecule has 0 atom stereocenters. The Morgan fingerprint density at radius 3 is 2.50 bits per heavy atom. The van der Waals surface area contributed by atoms with E-state index in [9.17, 15) is 4.79 Å². The average molecular weight is 263 g/mol. The highest BCUT2D eigenvalue weighted by molar-refractivity contribution is 6.30. The molecule has 0 bridgehead atoms. The van der Waals surface area contributed by atoms with Gasteiger partial charge in [0.05, 0.1) is 6.20 Å². The van der Waals surface area contributed by atoms with E-state index in [1.165, 1.54) is 0 Å². The number of ketones is 1. The highest BCUT2D eigenvalue weighted by atomic mass is 35.5. The molecule has 0 unspecified atom stereocenters. The minimum absolute atomic E-state index is 0.188. The second kappa shape index (κ2) is 5.83. The van der Waals surface area contributed by atoms with Crippen LogP contribution in [0.2, 0.25) is 5.02 Å². The summed E-state index contributed by atoms with van der Waals surface area (Å²) in [5.74, 6) is 0.188. The Kier molecular flexibility index (Phi) is 4.15. The zero-order valence-corrected chi connectivity index (χ0v) is 11.0. The van der Waals surface area contributed by atoms with Crippen molar-refractivity contribution >= 4 is 17.4 Å². The van der Waals surface area contributed by atoms with E-state index < -0.39 is 0 Å². The van der Waals surface area contributed by atoms with Crippen molar-refractivity contribution in [1.82, 2.24) is 9.78 Å². The van der Waals surface area contributed by atoms with Crippen LogP contribution in [0.25, 0.3) is 0 Å². The van der Waals surface area contributed by atoms with Crippen molar-refractivity contribution in [2.75, 3.05) is 0 Å². The summed E-state index contributed by atoms with van der Waals surface area (Å²) in [5, 5.41) is 4.84. The minimum Gasteiger partial charge on any atom is -0.299 e. The van der Waals surface area contributed by atoms with Gasteiger partial charge in [-0.1, -0.05) is 23.7 Å². The van der Waals surface area contributed by atoms with Crippen molar-refractivity contribution in [3.8, 4) is 0 Å². The van der Waals surface area contributed by atoms with Crippen LogP contribution in [0.3, 0.4) is 0 Å². The van der Waals surface area contributed by atoms with Crippen LogP contribution in [0, 0.1) is 0 Å². The number of halogens is 1. The third kappa shape index (κ3) is 3.44. The molecule has 0 aliphatic carbocycles. The fraction of sp³-hybridized carbons (Fsp3) is 0.286. The Hall–Kier alpha value is -1.61. The zero-order valence-electron chi connectivity index (χ0n) is 10.3. The van der Waals surface area contributed by atoms with Gasteiger partial charge in [0, 0.05) is 30.6 Å². The first-order chi connectivity index (χ1) is 8.67. The largest absolute Gasteiger partial charge is 0.299 e. The fourth-order valence-corrected chi connectivity index (χ4v) is 1.92. The van der Waals surface area contributed by atoms with Crippen LogP contribution in [-0.2, 0) is 24.2 Å². The summed E-state index contributed by atoms with van der Waals surface area (Å²) in [6.07, 6.45) is 4.54. The number of Topliss-reactive ketones (excluding diaryl/α,β-unsaturated/α-hetero) is 1. The van der Waals surface area contributed by atoms with Gasteiger partial charge in [-0.15, -0.1) is 0 Å². The van der Waals surface area contributed by atoms with E-state index in [4.69, 9.17) is 11.6 Å². The van der Waals surface area contributed by atoms with E-state index in [0.717, 1.165) is 17.7 Å². The van der Waals surface area contributed by atoms with E-state index in [1.807, 2.05) is 29.9 Å². The molecule has 4 heteroatoms. The molecule has 94 valence electrons. The molecule has 0 spiro atoms. The molecule has 2 rings (SSSR count). The number of carbonyl (C=O) groups is 1. The first-order valence-electron chi connectivity index (χ1n) is 5.95. The SMILES string of the molecule is CCn1cc(CC(=O)Cc2ccc(Cl)cc2)cn1. The van der Waals surface area contributed by atoms with E-state index in [2.05, 4.69) is 5.10 Å². The number of hydrogen-bond donors (Lipinski definition) is 0. The summed E-state index contributed by atoms with van der Waals surface area (Å²) in [7, 11) is 0. The van der Waals surface area contributed by atoms with Crippen molar-refractivity contribution in [3.63, 3.8) is 0 Å². The molecule has 0 fully saturated rings. The highest BCUT2D eigenvalue weighted by Crippen LogP contribution is 2.11.